The Hall–Kier alpha value is -1.75. The molecule has 0 saturated heterocycles. The molecule has 2 rings (SSSR count). The third kappa shape index (κ3) is 2.43. The van der Waals surface area contributed by atoms with Crippen molar-refractivity contribution < 1.29 is 0 Å². The zero-order valence-corrected chi connectivity index (χ0v) is 9.33. The molecule has 1 aromatic carbocycles. The van der Waals surface area contributed by atoms with Gasteiger partial charge in [0.2, 0.25) is 0 Å². The lowest BCUT2D eigenvalue weighted by Crippen LogP contribution is -2.08. The van der Waals surface area contributed by atoms with Gasteiger partial charge in [-0.3, -0.25) is 5.10 Å². The van der Waals surface area contributed by atoms with Gasteiger partial charge in [-0.15, -0.1) is 0 Å². The Bertz CT molecular complexity index is 434. The van der Waals surface area contributed by atoms with Gasteiger partial charge in [0, 0.05) is 13.0 Å². The van der Waals surface area contributed by atoms with Crippen molar-refractivity contribution >= 4 is 23.0 Å². The molecule has 0 aliphatic carbocycles. The molecule has 0 atom stereocenters. The van der Waals surface area contributed by atoms with Crippen LogP contribution in [0.3, 0.4) is 0 Å². The smallest absolute Gasteiger partial charge is 0.137 e. The topological polar surface area (TPSA) is 79.6 Å². The highest BCUT2D eigenvalue weighted by Crippen LogP contribution is 2.27. The van der Waals surface area contributed by atoms with Gasteiger partial charge in [-0.1, -0.05) is 17.7 Å². The molecule has 4 N–H and O–H groups in total. The van der Waals surface area contributed by atoms with Crippen LogP contribution >= 0.6 is 11.6 Å². The van der Waals surface area contributed by atoms with Crippen LogP contribution in [-0.2, 0) is 6.42 Å². The minimum absolute atomic E-state index is 0.623. The monoisotopic (exact) mass is 237 g/mol. The standard InChI is InChI=1S/C10H12ClN5/c11-7-2-1-3-8(12)10(7)13-5-4-9-14-6-15-16-9/h1-3,6,13H,4-5,12H2,(H,14,15,16). The van der Waals surface area contributed by atoms with Crippen LogP contribution in [0.25, 0.3) is 0 Å². The largest absolute Gasteiger partial charge is 0.397 e. The number of para-hydroxylation sites is 1. The van der Waals surface area contributed by atoms with Gasteiger partial charge in [0.05, 0.1) is 16.4 Å². The fourth-order valence-electron chi connectivity index (χ4n) is 1.38. The third-order valence-electron chi connectivity index (χ3n) is 2.17. The van der Waals surface area contributed by atoms with E-state index in [0.29, 0.717) is 17.3 Å². The quantitative estimate of drug-likeness (QED) is 0.707. The first-order chi connectivity index (χ1) is 7.77. The van der Waals surface area contributed by atoms with E-state index in [0.717, 1.165) is 17.9 Å². The van der Waals surface area contributed by atoms with Crippen LogP contribution in [0.5, 0.6) is 0 Å². The number of nitrogens with zero attached hydrogens (tertiary/aromatic N) is 2. The number of nitrogens with one attached hydrogen (secondary N) is 2. The molecule has 2 aromatic rings. The lowest BCUT2D eigenvalue weighted by atomic mass is 10.2. The van der Waals surface area contributed by atoms with Crippen molar-refractivity contribution in [3.8, 4) is 0 Å². The number of nitrogen functional groups attached to an aromatic ring is 1. The second kappa shape index (κ2) is 4.85. The first kappa shape index (κ1) is 10.8. The van der Waals surface area contributed by atoms with Gasteiger partial charge in [-0.25, -0.2) is 4.98 Å². The second-order valence-electron chi connectivity index (χ2n) is 3.31. The maximum absolute atomic E-state index is 6.01. The molecule has 6 heteroatoms. The SMILES string of the molecule is Nc1cccc(Cl)c1NCCc1ncn[nH]1. The van der Waals surface area contributed by atoms with Crippen molar-refractivity contribution in [2.75, 3.05) is 17.6 Å². The molecule has 1 heterocycles. The number of aromatic amines is 1. The summed E-state index contributed by atoms with van der Waals surface area (Å²) in [6.07, 6.45) is 2.23. The Kier molecular flexibility index (Phi) is 3.26. The number of hydrogen-bond acceptors (Lipinski definition) is 4. The lowest BCUT2D eigenvalue weighted by Gasteiger charge is -2.09. The van der Waals surface area contributed by atoms with E-state index in [1.54, 1.807) is 6.07 Å². The number of aromatic nitrogens is 3. The highest BCUT2D eigenvalue weighted by Gasteiger charge is 2.03. The highest BCUT2D eigenvalue weighted by atomic mass is 35.5. The molecule has 16 heavy (non-hydrogen) atoms. The Labute approximate surface area is 98.0 Å². The molecule has 0 aliphatic heterocycles. The normalized spacial score (nSPS) is 10.3. The third-order valence-corrected chi connectivity index (χ3v) is 2.49. The molecule has 0 radical (unpaired) electrons. The Balaban J connectivity index is 1.95. The number of benzene rings is 1. The van der Waals surface area contributed by atoms with E-state index in [9.17, 15) is 0 Å². The molecule has 0 saturated carbocycles. The van der Waals surface area contributed by atoms with Crippen molar-refractivity contribution in [2.24, 2.45) is 0 Å². The maximum atomic E-state index is 6.01. The Morgan fingerprint density at radius 2 is 2.31 bits per heavy atom. The summed E-state index contributed by atoms with van der Waals surface area (Å²) in [6, 6.07) is 5.43. The van der Waals surface area contributed by atoms with Gasteiger partial charge in [-0.2, -0.15) is 5.10 Å². The lowest BCUT2D eigenvalue weighted by molar-refractivity contribution is 0.901. The fourth-order valence-corrected chi connectivity index (χ4v) is 1.63. The van der Waals surface area contributed by atoms with E-state index in [4.69, 9.17) is 17.3 Å². The highest BCUT2D eigenvalue weighted by molar-refractivity contribution is 6.33. The number of rotatable bonds is 4. The predicted octanol–water partition coefficient (Wildman–Crippen LogP) is 1.69. The van der Waals surface area contributed by atoms with Crippen molar-refractivity contribution in [1.82, 2.24) is 15.2 Å². The van der Waals surface area contributed by atoms with Gasteiger partial charge in [0.25, 0.3) is 0 Å². The van der Waals surface area contributed by atoms with Crippen molar-refractivity contribution in [1.29, 1.82) is 0 Å². The zero-order chi connectivity index (χ0) is 11.4. The summed E-state index contributed by atoms with van der Waals surface area (Å²) >= 11 is 6.01. The zero-order valence-electron chi connectivity index (χ0n) is 8.57. The summed E-state index contributed by atoms with van der Waals surface area (Å²) in [5, 5.41) is 10.4. The number of anilines is 2. The minimum Gasteiger partial charge on any atom is -0.397 e. The molecule has 0 spiro atoms. The molecule has 5 nitrogen and oxygen atoms in total. The van der Waals surface area contributed by atoms with Crippen LogP contribution in [-0.4, -0.2) is 21.7 Å². The first-order valence-electron chi connectivity index (χ1n) is 4.89. The molecule has 0 amide bonds. The van der Waals surface area contributed by atoms with Gasteiger partial charge >= 0.3 is 0 Å². The van der Waals surface area contributed by atoms with E-state index >= 15 is 0 Å². The molecular formula is C10H12ClN5. The fraction of sp³-hybridized carbons (Fsp3) is 0.200. The maximum Gasteiger partial charge on any atom is 0.137 e. The van der Waals surface area contributed by atoms with Crippen molar-refractivity contribution in [3.63, 3.8) is 0 Å². The summed E-state index contributed by atoms with van der Waals surface area (Å²) in [6.45, 7) is 0.698. The van der Waals surface area contributed by atoms with E-state index < -0.39 is 0 Å². The number of hydrogen-bond donors (Lipinski definition) is 3. The average Bonchev–Trinajstić information content (AvgIpc) is 2.75. The predicted molar refractivity (Wildman–Crippen MR) is 64.4 cm³/mol. The van der Waals surface area contributed by atoms with Gasteiger partial charge in [0.1, 0.15) is 12.2 Å². The van der Waals surface area contributed by atoms with Crippen LogP contribution in [0.15, 0.2) is 24.5 Å². The summed E-state index contributed by atoms with van der Waals surface area (Å²) in [5.74, 6) is 0.832. The first-order valence-corrected chi connectivity index (χ1v) is 5.27. The van der Waals surface area contributed by atoms with Gasteiger partial charge in [-0.05, 0) is 12.1 Å². The van der Waals surface area contributed by atoms with E-state index in [1.807, 2.05) is 12.1 Å². The van der Waals surface area contributed by atoms with Crippen LogP contribution in [0.2, 0.25) is 5.02 Å². The van der Waals surface area contributed by atoms with Gasteiger partial charge in [0.15, 0.2) is 0 Å². The summed E-state index contributed by atoms with van der Waals surface area (Å²) < 4.78 is 0. The summed E-state index contributed by atoms with van der Waals surface area (Å²) in [4.78, 5) is 4.02. The van der Waals surface area contributed by atoms with E-state index in [1.165, 1.54) is 6.33 Å². The number of halogens is 1. The van der Waals surface area contributed by atoms with E-state index in [-0.39, 0.29) is 0 Å². The Morgan fingerprint density at radius 3 is 3.00 bits per heavy atom. The number of nitrogens with two attached hydrogens (primary N) is 1. The molecule has 84 valence electrons. The molecule has 1 aromatic heterocycles. The number of H-pyrrole nitrogens is 1. The molecule has 0 bridgehead atoms. The van der Waals surface area contributed by atoms with Crippen LogP contribution in [0, 0.1) is 0 Å². The van der Waals surface area contributed by atoms with Crippen LogP contribution < -0.4 is 11.1 Å². The van der Waals surface area contributed by atoms with Crippen LogP contribution in [0.4, 0.5) is 11.4 Å². The molecule has 0 aliphatic rings. The van der Waals surface area contributed by atoms with Crippen molar-refractivity contribution in [2.45, 2.75) is 6.42 Å². The van der Waals surface area contributed by atoms with Gasteiger partial charge < -0.3 is 11.1 Å². The second-order valence-corrected chi connectivity index (χ2v) is 3.72. The minimum atomic E-state index is 0.623. The summed E-state index contributed by atoms with van der Waals surface area (Å²) in [5.41, 5.74) is 7.21. The molecule has 0 fully saturated rings. The average molecular weight is 238 g/mol. The van der Waals surface area contributed by atoms with Crippen LogP contribution in [0.1, 0.15) is 5.82 Å². The summed E-state index contributed by atoms with van der Waals surface area (Å²) in [7, 11) is 0. The Morgan fingerprint density at radius 1 is 1.44 bits per heavy atom. The van der Waals surface area contributed by atoms with E-state index in [2.05, 4.69) is 20.5 Å². The van der Waals surface area contributed by atoms with Crippen molar-refractivity contribution in [3.05, 3.63) is 35.4 Å². The molecular weight excluding hydrogens is 226 g/mol. The molecule has 0 unspecified atom stereocenters.